The third kappa shape index (κ3) is 17.8. The maximum atomic E-state index is 13.4. The lowest BCUT2D eigenvalue weighted by molar-refractivity contribution is -0.438. The molecule has 19 nitrogen and oxygen atoms in total. The smallest absolute Gasteiger partial charge is 0.408 e. The Hall–Kier alpha value is -5.03. The molecule has 4 rings (SSSR count). The number of amides is 4. The number of likely N-dealkylation sites (N-methyl/N-ethyl adjacent to an activating group) is 2. The molecule has 1 atom stereocenters. The number of hydrogen-bond acceptors (Lipinski definition) is 14. The molecule has 5 N–H and O–H groups in total. The molecule has 0 aromatic heterocycles. The summed E-state index contributed by atoms with van der Waals surface area (Å²) in [6.07, 6.45) is 9.73. The first kappa shape index (κ1) is 61.5. The van der Waals surface area contributed by atoms with Crippen molar-refractivity contribution in [2.24, 2.45) is 0 Å². The van der Waals surface area contributed by atoms with E-state index in [4.69, 9.17) is 19.1 Å². The predicted molar refractivity (Wildman–Crippen MR) is 287 cm³/mol. The maximum Gasteiger partial charge on any atom is 0.408 e. The van der Waals surface area contributed by atoms with E-state index < -0.39 is 45.0 Å². The van der Waals surface area contributed by atoms with Crippen molar-refractivity contribution < 1.29 is 60.8 Å². The minimum absolute atomic E-state index is 0.00433. The second kappa shape index (κ2) is 26.6. The first-order valence-corrected chi connectivity index (χ1v) is 27.6. The van der Waals surface area contributed by atoms with Crippen molar-refractivity contribution >= 4 is 63.2 Å². The van der Waals surface area contributed by atoms with E-state index in [0.717, 1.165) is 96.2 Å². The lowest BCUT2D eigenvalue weighted by Crippen LogP contribution is -2.54. The topological polar surface area (TPSA) is 229 Å². The summed E-state index contributed by atoms with van der Waals surface area (Å²) in [5, 5.41) is 20.7. The van der Waals surface area contributed by atoms with Crippen molar-refractivity contribution in [2.75, 3.05) is 64.8 Å². The van der Waals surface area contributed by atoms with Crippen LogP contribution in [0, 0.1) is 0 Å². The van der Waals surface area contributed by atoms with Crippen molar-refractivity contribution in [1.29, 1.82) is 0 Å². The van der Waals surface area contributed by atoms with Gasteiger partial charge in [0.2, 0.25) is 17.5 Å². The van der Waals surface area contributed by atoms with Crippen LogP contribution in [0.5, 0.6) is 0 Å². The summed E-state index contributed by atoms with van der Waals surface area (Å²) in [4.78, 5) is 57.7. The highest BCUT2D eigenvalue weighted by atomic mass is 32.2. The first-order valence-electron chi connectivity index (χ1n) is 25.4. The van der Waals surface area contributed by atoms with Crippen molar-refractivity contribution in [3.05, 3.63) is 71.5 Å². The third-order valence-electron chi connectivity index (χ3n) is 12.8. The lowest BCUT2D eigenvalue weighted by Gasteiger charge is -2.27. The molecular formula is C53H82N7O12S2+. The molecule has 2 aliphatic rings. The molecule has 0 saturated heterocycles. The van der Waals surface area contributed by atoms with Gasteiger partial charge in [0.05, 0.1) is 28.9 Å². The summed E-state index contributed by atoms with van der Waals surface area (Å²) in [6, 6.07) is 9.66. The molecule has 21 heteroatoms. The summed E-state index contributed by atoms with van der Waals surface area (Å²) in [5.41, 5.74) is 3.43. The van der Waals surface area contributed by atoms with Gasteiger partial charge >= 0.3 is 12.2 Å². The zero-order valence-corrected chi connectivity index (χ0v) is 47.4. The zero-order chi connectivity index (χ0) is 55.2. The molecule has 412 valence electrons. The Balaban J connectivity index is 1.26. The van der Waals surface area contributed by atoms with Gasteiger partial charge in [0.15, 0.2) is 5.71 Å². The highest BCUT2D eigenvalue weighted by molar-refractivity contribution is 7.94. The SMILES string of the molecule is CCN1/C(=C/C=C/C2=[N+](CCCCCC(=O)NCCCN(C)CCCCN(C)C(=O)C(CNC(=O)OC(C)(C)C)NC(=O)OC(C)(C)C)c3ccc(S(=O)(=O)O)cc3C2(C)C)C(C)(C)c2cc(SOOO)ccc21. The van der Waals surface area contributed by atoms with Crippen molar-refractivity contribution in [1.82, 2.24) is 25.8 Å². The average Bonchev–Trinajstić information content (AvgIpc) is 3.64. The molecule has 0 aliphatic carbocycles. The molecule has 4 amide bonds. The van der Waals surface area contributed by atoms with Crippen LogP contribution >= 0.6 is 12.0 Å². The number of ether oxygens (including phenoxy) is 2. The number of alkyl carbamates (subject to hydrolysis) is 2. The van der Waals surface area contributed by atoms with Crippen LogP contribution in [0.15, 0.2) is 70.1 Å². The Labute approximate surface area is 443 Å². The number of benzene rings is 2. The fourth-order valence-electron chi connectivity index (χ4n) is 9.15. The molecule has 1 unspecified atom stereocenters. The van der Waals surface area contributed by atoms with Crippen molar-refractivity contribution in [3.8, 4) is 0 Å². The number of carbonyl (C=O) groups is 4. The van der Waals surface area contributed by atoms with Gasteiger partial charge in [0.25, 0.3) is 10.1 Å². The van der Waals surface area contributed by atoms with Gasteiger partial charge in [-0.1, -0.05) is 25.0 Å². The van der Waals surface area contributed by atoms with E-state index in [9.17, 15) is 32.1 Å². The molecular weight excluding hydrogens is 991 g/mol. The van der Waals surface area contributed by atoms with Crippen LogP contribution in [-0.2, 0) is 49.4 Å². The Kier molecular flexibility index (Phi) is 22.1. The van der Waals surface area contributed by atoms with E-state index in [2.05, 4.69) is 68.3 Å². The van der Waals surface area contributed by atoms with E-state index in [1.165, 1.54) is 11.0 Å². The van der Waals surface area contributed by atoms with Gasteiger partial charge in [-0.3, -0.25) is 14.1 Å². The number of rotatable bonds is 26. The fraction of sp³-hybridized carbons (Fsp3) is 0.604. The number of fused-ring (bicyclic) bond motifs is 2. The van der Waals surface area contributed by atoms with Crippen molar-refractivity contribution in [2.45, 2.75) is 159 Å². The molecule has 0 radical (unpaired) electrons. The summed E-state index contributed by atoms with van der Waals surface area (Å²) in [5.74, 6) is -0.378. The Morgan fingerprint density at radius 1 is 0.838 bits per heavy atom. The second-order valence-corrected chi connectivity index (χ2v) is 24.1. The number of nitrogens with zero attached hydrogens (tertiary/aromatic N) is 4. The molecule has 0 spiro atoms. The van der Waals surface area contributed by atoms with Crippen molar-refractivity contribution in [3.63, 3.8) is 0 Å². The van der Waals surface area contributed by atoms with E-state index >= 15 is 0 Å². The van der Waals surface area contributed by atoms with Gasteiger partial charge in [0, 0.05) is 78.9 Å². The summed E-state index contributed by atoms with van der Waals surface area (Å²) in [7, 11) is -0.757. The van der Waals surface area contributed by atoms with Crippen LogP contribution in [0.2, 0.25) is 0 Å². The standard InChI is InChI=1S/C53H81N7O12S2/c1-14-59-42-27-25-37(73-72-71-65)34-39(42)52(8,9)44(59)22-20-23-45-53(10,11)40-35-38(74(66,67)68)26-28-43(40)60(45)33-17-15-16-24-46(61)54-29-21-31-57(12)30-18-19-32-58(13)47(62)41(56-49(64)70-51(5,6)7)36-55-48(63)69-50(2,3)4/h20,22-23,25-28,34-35,41H,14-19,21,24,29-33,36H2,1-13H3,(H4-,54,55,56,61,63,64,65,66,67,68)/p+1. The van der Waals surface area contributed by atoms with E-state index in [1.807, 2.05) is 45.2 Å². The van der Waals surface area contributed by atoms with E-state index in [-0.39, 0.29) is 28.7 Å². The van der Waals surface area contributed by atoms with Gasteiger partial charge in [-0.2, -0.15) is 13.0 Å². The van der Waals surface area contributed by atoms with Crippen LogP contribution in [0.4, 0.5) is 21.0 Å². The highest BCUT2D eigenvalue weighted by Gasteiger charge is 2.45. The third-order valence-corrected chi connectivity index (χ3v) is 14.3. The van der Waals surface area contributed by atoms with Gasteiger partial charge in [-0.15, -0.1) is 4.33 Å². The monoisotopic (exact) mass is 1070 g/mol. The lowest BCUT2D eigenvalue weighted by atomic mass is 9.81. The molecule has 2 aliphatic heterocycles. The minimum atomic E-state index is -4.43. The highest BCUT2D eigenvalue weighted by Crippen LogP contribution is 2.49. The summed E-state index contributed by atoms with van der Waals surface area (Å²) in [6.45, 7) is 24.6. The van der Waals surface area contributed by atoms with Crippen LogP contribution in [0.25, 0.3) is 0 Å². The zero-order valence-electron chi connectivity index (χ0n) is 45.8. The minimum Gasteiger partial charge on any atom is -0.444 e. The largest absolute Gasteiger partial charge is 0.444 e. The molecule has 2 aromatic rings. The molecule has 0 saturated carbocycles. The quantitative estimate of drug-likeness (QED) is 0.0148. The van der Waals surface area contributed by atoms with Gasteiger partial charge in [-0.05, 0) is 157 Å². The molecule has 74 heavy (non-hydrogen) atoms. The summed E-state index contributed by atoms with van der Waals surface area (Å²) < 4.78 is 52.0. The van der Waals surface area contributed by atoms with Crippen LogP contribution in [0.3, 0.4) is 0 Å². The van der Waals surface area contributed by atoms with E-state index in [0.29, 0.717) is 38.9 Å². The fourth-order valence-corrected chi connectivity index (χ4v) is 10.1. The van der Waals surface area contributed by atoms with Gasteiger partial charge in [0.1, 0.15) is 23.8 Å². The number of nitrogens with one attached hydrogen (secondary N) is 3. The number of unbranched alkanes of at least 4 members (excludes halogenated alkanes) is 3. The Morgan fingerprint density at radius 3 is 2.15 bits per heavy atom. The number of carbonyl (C=O) groups excluding carboxylic acids is 4. The van der Waals surface area contributed by atoms with Crippen LogP contribution in [0.1, 0.15) is 132 Å². The van der Waals surface area contributed by atoms with E-state index in [1.54, 1.807) is 60.7 Å². The normalized spacial score (nSPS) is 16.1. The molecule has 2 aromatic carbocycles. The summed E-state index contributed by atoms with van der Waals surface area (Å²) >= 11 is 0.919. The Bertz CT molecular complexity index is 2500. The maximum absolute atomic E-state index is 13.4. The molecule has 0 bridgehead atoms. The number of allylic oxidation sites excluding steroid dienone is 4. The van der Waals surface area contributed by atoms with Crippen LogP contribution < -0.4 is 20.9 Å². The molecule has 0 fully saturated rings. The van der Waals surface area contributed by atoms with Crippen LogP contribution in [-0.4, -0.2) is 139 Å². The molecule has 2 heterocycles. The Morgan fingerprint density at radius 2 is 1.50 bits per heavy atom. The predicted octanol–water partition coefficient (Wildman–Crippen LogP) is 8.65. The number of hydrogen-bond donors (Lipinski definition) is 5. The second-order valence-electron chi connectivity index (χ2n) is 21.9. The number of anilines is 1. The first-order chi connectivity index (χ1) is 34.5. The van der Waals surface area contributed by atoms with Gasteiger partial charge in [-0.25, -0.2) is 14.8 Å². The average molecular weight is 1070 g/mol. The van der Waals surface area contributed by atoms with Gasteiger partial charge < -0.3 is 40.1 Å².